The van der Waals surface area contributed by atoms with Gasteiger partial charge in [-0.15, -0.1) is 0 Å². The van der Waals surface area contributed by atoms with Crippen LogP contribution < -0.4 is 4.74 Å². The Hall–Kier alpha value is -3.32. The standard InChI is InChI=1S/C26H32N2O5/c1-5-17-32-20-12-10-19(11-13-20)23-22(24(29)21-14-9-18(4)33-21)25(30)26(31)28(23)16-8-15-27(6-2)7-3/h5,9-14,23,30H,1,6-8,15-17H2,2-4H3/t23-/m0/s1. The summed E-state index contributed by atoms with van der Waals surface area (Å²) in [4.78, 5) is 30.2. The largest absolute Gasteiger partial charge is 0.503 e. The van der Waals surface area contributed by atoms with Crippen molar-refractivity contribution in [3.05, 3.63) is 77.5 Å². The minimum atomic E-state index is -0.708. The van der Waals surface area contributed by atoms with Crippen LogP contribution in [0, 0.1) is 6.92 Å². The summed E-state index contributed by atoms with van der Waals surface area (Å²) in [5.41, 5.74) is 0.754. The van der Waals surface area contributed by atoms with E-state index in [1.807, 2.05) is 12.1 Å². The molecule has 7 nitrogen and oxygen atoms in total. The van der Waals surface area contributed by atoms with Crippen LogP contribution in [0.2, 0.25) is 0 Å². The number of Topliss-reactive ketones (excluding diaryl/α,β-unsaturated/α-hetero) is 1. The lowest BCUT2D eigenvalue weighted by atomic mass is 9.95. The maximum Gasteiger partial charge on any atom is 0.290 e. The molecule has 2 heterocycles. The van der Waals surface area contributed by atoms with E-state index in [1.165, 1.54) is 0 Å². The average molecular weight is 453 g/mol. The molecule has 0 saturated heterocycles. The van der Waals surface area contributed by atoms with Crippen molar-refractivity contribution in [2.24, 2.45) is 0 Å². The van der Waals surface area contributed by atoms with Gasteiger partial charge in [-0.1, -0.05) is 38.6 Å². The molecule has 1 aromatic carbocycles. The van der Waals surface area contributed by atoms with E-state index in [1.54, 1.807) is 42.2 Å². The quantitative estimate of drug-likeness (QED) is 0.378. The topological polar surface area (TPSA) is 83.2 Å². The number of hydrogen-bond donors (Lipinski definition) is 1. The lowest BCUT2D eigenvalue weighted by molar-refractivity contribution is -0.129. The van der Waals surface area contributed by atoms with Gasteiger partial charge < -0.3 is 24.1 Å². The van der Waals surface area contributed by atoms with Gasteiger partial charge in [-0.25, -0.2) is 0 Å². The average Bonchev–Trinajstić information content (AvgIpc) is 3.37. The Bertz CT molecular complexity index is 1020. The Morgan fingerprint density at radius 3 is 2.48 bits per heavy atom. The number of carbonyl (C=O) groups excluding carboxylic acids is 2. The highest BCUT2D eigenvalue weighted by molar-refractivity contribution is 6.15. The third-order valence-electron chi connectivity index (χ3n) is 5.84. The molecule has 0 bridgehead atoms. The maximum atomic E-state index is 13.3. The predicted molar refractivity (Wildman–Crippen MR) is 126 cm³/mol. The first kappa shape index (κ1) is 24.3. The zero-order valence-electron chi connectivity index (χ0n) is 19.5. The van der Waals surface area contributed by atoms with Crippen molar-refractivity contribution in [3.8, 4) is 5.75 Å². The summed E-state index contributed by atoms with van der Waals surface area (Å²) in [5, 5.41) is 10.7. The van der Waals surface area contributed by atoms with Gasteiger partial charge >= 0.3 is 0 Å². The van der Waals surface area contributed by atoms with Crippen molar-refractivity contribution in [3.63, 3.8) is 0 Å². The van der Waals surface area contributed by atoms with Gasteiger partial charge in [-0.3, -0.25) is 9.59 Å². The molecule has 7 heteroatoms. The number of ether oxygens (including phenoxy) is 1. The van der Waals surface area contributed by atoms with Gasteiger partial charge in [0.15, 0.2) is 11.5 Å². The van der Waals surface area contributed by atoms with E-state index in [0.717, 1.165) is 26.1 Å². The first-order valence-electron chi connectivity index (χ1n) is 11.3. The molecule has 1 aromatic heterocycles. The van der Waals surface area contributed by atoms with Gasteiger partial charge in [-0.2, -0.15) is 0 Å². The van der Waals surface area contributed by atoms with Crippen molar-refractivity contribution in [1.82, 2.24) is 9.80 Å². The number of carbonyl (C=O) groups is 2. The monoisotopic (exact) mass is 452 g/mol. The molecule has 2 aromatic rings. The third-order valence-corrected chi connectivity index (χ3v) is 5.84. The summed E-state index contributed by atoms with van der Waals surface area (Å²) in [6, 6.07) is 9.73. The van der Waals surface area contributed by atoms with E-state index in [0.29, 0.717) is 30.2 Å². The van der Waals surface area contributed by atoms with Crippen molar-refractivity contribution in [2.75, 3.05) is 32.8 Å². The first-order valence-corrected chi connectivity index (χ1v) is 11.3. The molecule has 0 radical (unpaired) electrons. The van der Waals surface area contributed by atoms with Crippen LogP contribution in [0.15, 0.2) is 64.8 Å². The highest BCUT2D eigenvalue weighted by atomic mass is 16.5. The molecule has 1 aliphatic rings. The highest BCUT2D eigenvalue weighted by Gasteiger charge is 2.44. The predicted octanol–water partition coefficient (Wildman–Crippen LogP) is 4.46. The smallest absolute Gasteiger partial charge is 0.290 e. The number of amides is 1. The molecule has 1 aliphatic heterocycles. The third kappa shape index (κ3) is 5.37. The van der Waals surface area contributed by atoms with Crippen molar-refractivity contribution in [2.45, 2.75) is 33.2 Å². The molecule has 0 saturated carbocycles. The fraction of sp³-hybridized carbons (Fsp3) is 0.385. The summed E-state index contributed by atoms with van der Waals surface area (Å²) >= 11 is 0. The molecule has 33 heavy (non-hydrogen) atoms. The van der Waals surface area contributed by atoms with Crippen molar-refractivity contribution < 1.29 is 23.8 Å². The van der Waals surface area contributed by atoms with Gasteiger partial charge in [0.1, 0.15) is 18.1 Å². The number of nitrogens with zero attached hydrogens (tertiary/aromatic N) is 2. The fourth-order valence-corrected chi connectivity index (χ4v) is 4.06. The minimum absolute atomic E-state index is 0.0388. The number of aliphatic hydroxyl groups excluding tert-OH is 1. The second-order valence-electron chi connectivity index (χ2n) is 7.95. The number of furan rings is 1. The molecule has 3 rings (SSSR count). The van der Waals surface area contributed by atoms with Crippen LogP contribution in [0.5, 0.6) is 5.75 Å². The number of ketones is 1. The van der Waals surface area contributed by atoms with E-state index in [4.69, 9.17) is 9.15 Å². The second kappa shape index (κ2) is 11.0. The zero-order valence-corrected chi connectivity index (χ0v) is 19.5. The van der Waals surface area contributed by atoms with Gasteiger partial charge in [0.2, 0.25) is 5.78 Å². The fourth-order valence-electron chi connectivity index (χ4n) is 4.06. The number of aliphatic hydroxyl groups is 1. The molecular formula is C26H32N2O5. The van der Waals surface area contributed by atoms with Crippen LogP contribution in [-0.2, 0) is 4.79 Å². The van der Waals surface area contributed by atoms with Crippen LogP contribution in [0.3, 0.4) is 0 Å². The van der Waals surface area contributed by atoms with E-state index in [-0.39, 0.29) is 11.3 Å². The zero-order chi connectivity index (χ0) is 24.0. The summed E-state index contributed by atoms with van der Waals surface area (Å²) < 4.78 is 11.1. The van der Waals surface area contributed by atoms with Gasteiger partial charge in [0, 0.05) is 6.54 Å². The summed E-state index contributed by atoms with van der Waals surface area (Å²) in [7, 11) is 0. The molecular weight excluding hydrogens is 420 g/mol. The second-order valence-corrected chi connectivity index (χ2v) is 7.95. The van der Waals surface area contributed by atoms with E-state index < -0.39 is 23.5 Å². The van der Waals surface area contributed by atoms with Gasteiger partial charge in [0.05, 0.1) is 11.6 Å². The molecule has 0 unspecified atom stereocenters. The lowest BCUT2D eigenvalue weighted by Crippen LogP contribution is -2.34. The number of hydrogen-bond acceptors (Lipinski definition) is 6. The van der Waals surface area contributed by atoms with Crippen LogP contribution in [0.4, 0.5) is 0 Å². The molecule has 1 amide bonds. The maximum absolute atomic E-state index is 13.3. The molecule has 0 fully saturated rings. The summed E-state index contributed by atoms with van der Waals surface area (Å²) in [6.45, 7) is 13.0. The highest BCUT2D eigenvalue weighted by Crippen LogP contribution is 2.39. The molecule has 0 spiro atoms. The van der Waals surface area contributed by atoms with E-state index in [2.05, 4.69) is 25.3 Å². The Morgan fingerprint density at radius 2 is 1.91 bits per heavy atom. The van der Waals surface area contributed by atoms with Gasteiger partial charge in [-0.05, 0) is 62.8 Å². The van der Waals surface area contributed by atoms with Crippen LogP contribution >= 0.6 is 0 Å². The molecule has 0 aliphatic carbocycles. The number of rotatable bonds is 12. The summed E-state index contributed by atoms with van der Waals surface area (Å²) in [5.74, 6) is -0.218. The Kier molecular flexibility index (Phi) is 8.11. The van der Waals surface area contributed by atoms with E-state index >= 15 is 0 Å². The van der Waals surface area contributed by atoms with Crippen LogP contribution in [0.1, 0.15) is 48.2 Å². The Labute approximate surface area is 194 Å². The Balaban J connectivity index is 1.93. The lowest BCUT2D eigenvalue weighted by Gasteiger charge is -2.28. The minimum Gasteiger partial charge on any atom is -0.503 e. The van der Waals surface area contributed by atoms with Gasteiger partial charge in [0.25, 0.3) is 5.91 Å². The van der Waals surface area contributed by atoms with Crippen molar-refractivity contribution in [1.29, 1.82) is 0 Å². The van der Waals surface area contributed by atoms with Crippen LogP contribution in [0.25, 0.3) is 0 Å². The molecule has 1 N–H and O–H groups in total. The molecule has 176 valence electrons. The number of benzene rings is 1. The normalized spacial score (nSPS) is 16.1. The number of aryl methyl sites for hydroxylation is 1. The van der Waals surface area contributed by atoms with Crippen molar-refractivity contribution >= 4 is 11.7 Å². The SMILES string of the molecule is C=CCOc1ccc([C@H]2C(C(=O)c3ccc(C)o3)=C(O)C(=O)N2CCCN(CC)CC)cc1. The molecule has 1 atom stereocenters. The van der Waals surface area contributed by atoms with E-state index in [9.17, 15) is 14.7 Å². The summed E-state index contributed by atoms with van der Waals surface area (Å²) in [6.07, 6.45) is 2.38. The van der Waals surface area contributed by atoms with Crippen LogP contribution in [-0.4, -0.2) is 59.4 Å². The Morgan fingerprint density at radius 1 is 1.21 bits per heavy atom. The first-order chi connectivity index (χ1) is 15.9.